The molecule has 1 spiro atoms. The summed E-state index contributed by atoms with van der Waals surface area (Å²) >= 11 is 6.47. The van der Waals surface area contributed by atoms with E-state index < -0.39 is 84.3 Å². The zero-order valence-electron chi connectivity index (χ0n) is 19.0. The van der Waals surface area contributed by atoms with Crippen LogP contribution in [-0.4, -0.2) is 86.5 Å². The molecule has 13 heteroatoms. The highest BCUT2D eigenvalue weighted by Crippen LogP contribution is 2.63. The minimum absolute atomic E-state index is 0.0591. The van der Waals surface area contributed by atoms with Gasteiger partial charge in [-0.25, -0.2) is 4.79 Å². The van der Waals surface area contributed by atoms with E-state index >= 15 is 0 Å². The normalized spacial score (nSPS) is 45.1. The Bertz CT molecular complexity index is 1230. The summed E-state index contributed by atoms with van der Waals surface area (Å²) in [6.45, 7) is 0.727. The number of fused-ring (bicyclic) bond motifs is 5. The van der Waals surface area contributed by atoms with Gasteiger partial charge in [-0.05, 0) is 24.1 Å². The molecule has 36 heavy (non-hydrogen) atoms. The number of halogens is 1. The van der Waals surface area contributed by atoms with Gasteiger partial charge in [0.05, 0.1) is 6.10 Å². The number of aliphatic hydroxyl groups excluding tert-OH is 4. The molecule has 4 aliphatic heterocycles. The Kier molecular flexibility index (Phi) is 5.02. The lowest BCUT2D eigenvalue weighted by atomic mass is 9.79. The van der Waals surface area contributed by atoms with Crippen molar-refractivity contribution < 1.29 is 58.8 Å². The van der Waals surface area contributed by atoms with E-state index in [-0.39, 0.29) is 27.3 Å². The molecule has 4 heterocycles. The molecular formula is C23H23ClO12. The van der Waals surface area contributed by atoms with Crippen molar-refractivity contribution in [2.75, 3.05) is 13.7 Å². The molecule has 0 aromatic heterocycles. The molecule has 0 saturated carbocycles. The molecule has 0 radical (unpaired) electrons. The van der Waals surface area contributed by atoms with Gasteiger partial charge in [0.25, 0.3) is 11.6 Å². The second-order valence-electron chi connectivity index (χ2n) is 9.63. The maximum atomic E-state index is 13.4. The summed E-state index contributed by atoms with van der Waals surface area (Å²) in [4.78, 5) is 26.4. The quantitative estimate of drug-likeness (QED) is 0.227. The third-order valence-corrected chi connectivity index (χ3v) is 7.97. The lowest BCUT2D eigenvalue weighted by Crippen LogP contribution is -2.57. The van der Waals surface area contributed by atoms with E-state index in [1.807, 2.05) is 0 Å². The van der Waals surface area contributed by atoms with Gasteiger partial charge >= 0.3 is 5.97 Å². The van der Waals surface area contributed by atoms with E-state index in [0.717, 1.165) is 7.11 Å². The van der Waals surface area contributed by atoms with Crippen LogP contribution in [0.4, 0.5) is 0 Å². The number of esters is 1. The fourth-order valence-electron chi connectivity index (χ4n) is 5.81. The molecule has 6 bridgehead atoms. The molecule has 12 nitrogen and oxygen atoms in total. The van der Waals surface area contributed by atoms with Crippen LogP contribution in [0.2, 0.25) is 5.02 Å². The molecule has 7 rings (SSSR count). The highest BCUT2D eigenvalue weighted by molar-refractivity contribution is 6.31. The average Bonchev–Trinajstić information content (AvgIpc) is 3.52. The molecule has 1 aromatic carbocycles. The zero-order valence-corrected chi connectivity index (χ0v) is 19.8. The number of rotatable bonds is 1. The molecule has 1 aromatic rings. The van der Waals surface area contributed by atoms with Crippen LogP contribution >= 0.6 is 11.6 Å². The number of carbonyl (C=O) groups is 2. The van der Waals surface area contributed by atoms with E-state index in [1.165, 1.54) is 19.1 Å². The monoisotopic (exact) mass is 526 g/mol. The number of carbonyl (C=O) groups excluding carboxylic acids is 2. The van der Waals surface area contributed by atoms with Gasteiger partial charge in [-0.1, -0.05) is 17.7 Å². The summed E-state index contributed by atoms with van der Waals surface area (Å²) in [6, 6.07) is 2.65. The minimum Gasteiger partial charge on any atom is -0.461 e. The van der Waals surface area contributed by atoms with Gasteiger partial charge in [0.1, 0.15) is 24.9 Å². The van der Waals surface area contributed by atoms with Crippen LogP contribution in [0.5, 0.6) is 0 Å². The predicted molar refractivity (Wildman–Crippen MR) is 114 cm³/mol. The summed E-state index contributed by atoms with van der Waals surface area (Å²) in [6.07, 6.45) is -10.1. The largest absolute Gasteiger partial charge is 0.461 e. The van der Waals surface area contributed by atoms with E-state index in [2.05, 4.69) is 0 Å². The number of epoxide rings is 1. The second-order valence-corrected chi connectivity index (χ2v) is 10.0. The Labute approximate surface area is 208 Å². The first-order valence-corrected chi connectivity index (χ1v) is 11.6. The Morgan fingerprint density at radius 3 is 2.56 bits per heavy atom. The first-order chi connectivity index (χ1) is 16.9. The summed E-state index contributed by atoms with van der Waals surface area (Å²) in [7, 11) is 1.14. The number of aliphatic hydroxyl groups is 5. The van der Waals surface area contributed by atoms with Crippen LogP contribution < -0.4 is 0 Å². The zero-order chi connectivity index (χ0) is 25.9. The first-order valence-electron chi connectivity index (χ1n) is 11.2. The highest BCUT2D eigenvalue weighted by atomic mass is 35.5. The van der Waals surface area contributed by atoms with Crippen LogP contribution in [0, 0.1) is 0 Å². The molecule has 6 aliphatic rings. The summed E-state index contributed by atoms with van der Waals surface area (Å²) in [5.41, 5.74) is -2.12. The molecule has 2 saturated heterocycles. The molecule has 9 atom stereocenters. The fourth-order valence-corrected chi connectivity index (χ4v) is 6.15. The van der Waals surface area contributed by atoms with Crippen LogP contribution in [0.3, 0.4) is 0 Å². The van der Waals surface area contributed by atoms with Crippen LogP contribution in [-0.2, 0) is 33.3 Å². The number of Topliss-reactive ketones (excluding diaryl/α,β-unsaturated/α-hetero) is 1. The Morgan fingerprint density at radius 2 is 1.86 bits per heavy atom. The van der Waals surface area contributed by atoms with E-state index in [4.69, 9.17) is 35.3 Å². The number of ether oxygens (including phenoxy) is 5. The standard InChI is InChI=1S/C23H23ClO12/c1-7-15(28)21-18(32-2)19(30)33-6-12(26)8-3-9-11(25)5-13(27)23(16(29)14(9)10(24)4-8)34-17(7)22(31,36-23)20(21)35-21/h3-4,11-13,16,18,20,25-27,29,31H,5-6H2,1-2H3/t11-,12+,13-,16-,18+,20?,21?,22-,23?/m1/s1. The smallest absolute Gasteiger partial charge is 0.339 e. The fraction of sp³-hybridized carbons (Fsp3) is 0.565. The van der Waals surface area contributed by atoms with Crippen molar-refractivity contribution in [1.29, 1.82) is 0 Å². The molecule has 2 aliphatic carbocycles. The maximum Gasteiger partial charge on any atom is 0.339 e. The molecule has 2 fully saturated rings. The third-order valence-electron chi connectivity index (χ3n) is 7.65. The van der Waals surface area contributed by atoms with Crippen molar-refractivity contribution in [3.8, 4) is 0 Å². The second kappa shape index (κ2) is 7.47. The van der Waals surface area contributed by atoms with E-state index in [1.54, 1.807) is 0 Å². The average molecular weight is 527 g/mol. The van der Waals surface area contributed by atoms with Crippen LogP contribution in [0.1, 0.15) is 48.3 Å². The lowest BCUT2D eigenvalue weighted by Gasteiger charge is -2.35. The molecule has 194 valence electrons. The lowest BCUT2D eigenvalue weighted by molar-refractivity contribution is -0.320. The van der Waals surface area contributed by atoms with Crippen molar-refractivity contribution >= 4 is 23.4 Å². The highest BCUT2D eigenvalue weighted by Gasteiger charge is 2.84. The predicted octanol–water partition coefficient (Wildman–Crippen LogP) is -0.797. The third kappa shape index (κ3) is 2.76. The van der Waals surface area contributed by atoms with Gasteiger partial charge in [0, 0.05) is 29.7 Å². The van der Waals surface area contributed by atoms with Crippen molar-refractivity contribution in [2.24, 2.45) is 0 Å². The van der Waals surface area contributed by atoms with Gasteiger partial charge in [-0.3, -0.25) is 9.53 Å². The van der Waals surface area contributed by atoms with Crippen molar-refractivity contribution in [2.45, 2.75) is 67.1 Å². The SMILES string of the molecule is CO[C@H]1C(=O)OC[C@H](O)c2cc(Cl)c3c(c2)[C@H](O)C[C@@H](O)C2(OC4=C(C)C(=O)C15OC5[C@]4(O)O2)[C@@H]3O. The van der Waals surface area contributed by atoms with Gasteiger partial charge in [0.2, 0.25) is 0 Å². The number of hydrogen-bond donors (Lipinski definition) is 5. The molecular weight excluding hydrogens is 504 g/mol. The molecule has 3 unspecified atom stereocenters. The Balaban J connectivity index is 1.62. The van der Waals surface area contributed by atoms with Crippen LogP contribution in [0.15, 0.2) is 23.5 Å². The minimum atomic E-state index is -2.53. The van der Waals surface area contributed by atoms with Crippen LogP contribution in [0.25, 0.3) is 0 Å². The molecule has 5 N–H and O–H groups in total. The van der Waals surface area contributed by atoms with Gasteiger partial charge in [-0.2, -0.15) is 0 Å². The summed E-state index contributed by atoms with van der Waals surface area (Å²) in [5.74, 6) is -7.18. The van der Waals surface area contributed by atoms with Gasteiger partial charge in [-0.15, -0.1) is 0 Å². The topological polar surface area (TPSA) is 185 Å². The Hall–Kier alpha value is -2.13. The van der Waals surface area contributed by atoms with Gasteiger partial charge < -0.3 is 44.5 Å². The number of hydrogen-bond acceptors (Lipinski definition) is 12. The van der Waals surface area contributed by atoms with E-state index in [9.17, 15) is 35.1 Å². The maximum absolute atomic E-state index is 13.4. The summed E-state index contributed by atoms with van der Waals surface area (Å²) in [5, 5.41) is 55.8. The van der Waals surface area contributed by atoms with Crippen molar-refractivity contribution in [1.82, 2.24) is 0 Å². The van der Waals surface area contributed by atoms with Crippen molar-refractivity contribution in [3.05, 3.63) is 45.2 Å². The van der Waals surface area contributed by atoms with Crippen molar-refractivity contribution in [3.63, 3.8) is 0 Å². The molecule has 0 amide bonds. The summed E-state index contributed by atoms with van der Waals surface area (Å²) < 4.78 is 27.9. The van der Waals surface area contributed by atoms with E-state index in [0.29, 0.717) is 0 Å². The Morgan fingerprint density at radius 1 is 1.14 bits per heavy atom. The van der Waals surface area contributed by atoms with Gasteiger partial charge in [0.15, 0.2) is 29.4 Å². The number of ketones is 1. The number of methoxy groups -OCH3 is 1. The number of benzene rings is 1. The first kappa shape index (κ1) is 24.2.